The van der Waals surface area contributed by atoms with Crippen LogP contribution in [-0.4, -0.2) is 19.6 Å². The van der Waals surface area contributed by atoms with E-state index in [4.69, 9.17) is 0 Å². The third-order valence-electron chi connectivity index (χ3n) is 5.47. The first-order valence-electron chi connectivity index (χ1n) is 10.1. The molecule has 3 rings (SSSR count). The highest BCUT2D eigenvalue weighted by molar-refractivity contribution is 5.39. The quantitative estimate of drug-likeness (QED) is 0.655. The highest BCUT2D eigenvalue weighted by atomic mass is 15.4. The Balaban J connectivity index is 0.000000208. The number of nitrogens with zero attached hydrogens (tertiary/aromatic N) is 4. The molecule has 0 saturated carbocycles. The predicted molar refractivity (Wildman–Crippen MR) is 114 cm³/mol. The second kappa shape index (κ2) is 8.73. The summed E-state index contributed by atoms with van der Waals surface area (Å²) in [5.74, 6) is 0.718. The fourth-order valence-corrected chi connectivity index (χ4v) is 4.01. The Hall–Kier alpha value is -2.10. The molecule has 0 amide bonds. The number of hydrogen-bond donors (Lipinski definition) is 0. The number of hydrogen-bond acceptors (Lipinski definition) is 2. The molecule has 1 unspecified atom stereocenters. The second-order valence-electron chi connectivity index (χ2n) is 7.94. The molecule has 0 fully saturated rings. The van der Waals surface area contributed by atoms with Gasteiger partial charge in [0.2, 0.25) is 0 Å². The Morgan fingerprint density at radius 3 is 1.70 bits per heavy atom. The van der Waals surface area contributed by atoms with E-state index in [1.54, 1.807) is 5.57 Å². The van der Waals surface area contributed by atoms with Gasteiger partial charge in [0, 0.05) is 11.4 Å². The Bertz CT molecular complexity index is 802. The normalized spacial score (nSPS) is 16.7. The van der Waals surface area contributed by atoms with Gasteiger partial charge in [-0.2, -0.15) is 10.2 Å². The van der Waals surface area contributed by atoms with Crippen LogP contribution in [-0.2, 0) is 0 Å². The van der Waals surface area contributed by atoms with Crippen molar-refractivity contribution in [2.45, 2.75) is 81.3 Å². The minimum atomic E-state index is 0.127. The minimum Gasteiger partial charge on any atom is -0.245 e. The molecule has 2 aromatic heterocycles. The molecule has 1 aliphatic rings. The molecule has 27 heavy (non-hydrogen) atoms. The van der Waals surface area contributed by atoms with Crippen LogP contribution in [0.15, 0.2) is 34.9 Å². The van der Waals surface area contributed by atoms with Gasteiger partial charge in [0.25, 0.3) is 0 Å². The summed E-state index contributed by atoms with van der Waals surface area (Å²) >= 11 is 0. The standard InChI is InChI=1S/C12H18N4.C11H18/c1-8-6-10(3)15(13-8)12(5)16-11(4)7-9(2)14-16;1-5-6-11-9(3)7-8(2)10(11)4/h6-7,12H,1-5H3;7,10H,5-6H2,1-4H3. The summed E-state index contributed by atoms with van der Waals surface area (Å²) < 4.78 is 4.02. The smallest absolute Gasteiger partial charge is 0.141 e. The Morgan fingerprint density at radius 1 is 0.926 bits per heavy atom. The summed E-state index contributed by atoms with van der Waals surface area (Å²) in [5, 5.41) is 8.99. The van der Waals surface area contributed by atoms with E-state index in [0.717, 1.165) is 28.7 Å². The van der Waals surface area contributed by atoms with Gasteiger partial charge in [0.1, 0.15) is 6.17 Å². The number of aromatic nitrogens is 4. The van der Waals surface area contributed by atoms with E-state index in [1.807, 2.05) is 23.2 Å². The van der Waals surface area contributed by atoms with Gasteiger partial charge >= 0.3 is 0 Å². The maximum absolute atomic E-state index is 4.49. The van der Waals surface area contributed by atoms with Crippen molar-refractivity contribution < 1.29 is 0 Å². The third kappa shape index (κ3) is 4.79. The van der Waals surface area contributed by atoms with E-state index in [-0.39, 0.29) is 6.17 Å². The first kappa shape index (κ1) is 21.2. The van der Waals surface area contributed by atoms with E-state index in [0.29, 0.717) is 0 Å². The minimum absolute atomic E-state index is 0.127. The molecule has 0 N–H and O–H groups in total. The Kier molecular flexibility index (Phi) is 6.85. The fourth-order valence-electron chi connectivity index (χ4n) is 4.01. The molecule has 2 aromatic rings. The summed E-state index contributed by atoms with van der Waals surface area (Å²) in [7, 11) is 0. The van der Waals surface area contributed by atoms with E-state index in [1.165, 1.54) is 24.0 Å². The molecule has 4 nitrogen and oxygen atoms in total. The lowest BCUT2D eigenvalue weighted by molar-refractivity contribution is 0.374. The number of rotatable bonds is 4. The molecule has 2 heterocycles. The Morgan fingerprint density at radius 2 is 1.41 bits per heavy atom. The van der Waals surface area contributed by atoms with E-state index >= 15 is 0 Å². The van der Waals surface area contributed by atoms with Crippen LogP contribution in [0.25, 0.3) is 0 Å². The van der Waals surface area contributed by atoms with Crippen molar-refractivity contribution in [3.05, 3.63) is 57.7 Å². The maximum atomic E-state index is 4.49. The largest absolute Gasteiger partial charge is 0.245 e. The molecule has 0 saturated heterocycles. The van der Waals surface area contributed by atoms with Crippen molar-refractivity contribution in [2.75, 3.05) is 0 Å². The van der Waals surface area contributed by atoms with Crippen LogP contribution in [0.1, 0.15) is 76.4 Å². The molecule has 0 aliphatic heterocycles. The summed E-state index contributed by atoms with van der Waals surface area (Å²) in [6, 6.07) is 4.17. The van der Waals surface area contributed by atoms with Crippen molar-refractivity contribution in [3.63, 3.8) is 0 Å². The topological polar surface area (TPSA) is 35.6 Å². The molecule has 1 aliphatic carbocycles. The molecule has 0 radical (unpaired) electrons. The average molecular weight is 369 g/mol. The van der Waals surface area contributed by atoms with Gasteiger partial charge in [-0.1, -0.05) is 43.1 Å². The lowest BCUT2D eigenvalue weighted by Gasteiger charge is -2.16. The molecule has 4 heteroatoms. The van der Waals surface area contributed by atoms with Crippen LogP contribution < -0.4 is 0 Å². The van der Waals surface area contributed by atoms with Crippen LogP contribution >= 0.6 is 0 Å². The van der Waals surface area contributed by atoms with Gasteiger partial charge in [-0.3, -0.25) is 0 Å². The van der Waals surface area contributed by atoms with Crippen molar-refractivity contribution in [1.82, 2.24) is 19.6 Å². The van der Waals surface area contributed by atoms with Crippen LogP contribution in [0.4, 0.5) is 0 Å². The van der Waals surface area contributed by atoms with Crippen molar-refractivity contribution in [2.24, 2.45) is 5.92 Å². The highest BCUT2D eigenvalue weighted by Gasteiger charge is 2.17. The van der Waals surface area contributed by atoms with Gasteiger partial charge < -0.3 is 0 Å². The van der Waals surface area contributed by atoms with Gasteiger partial charge in [-0.15, -0.1) is 0 Å². The maximum Gasteiger partial charge on any atom is 0.141 e. The molecule has 1 atom stereocenters. The van der Waals surface area contributed by atoms with Gasteiger partial charge in [0.15, 0.2) is 0 Å². The van der Waals surface area contributed by atoms with Crippen LogP contribution in [0.5, 0.6) is 0 Å². The third-order valence-corrected chi connectivity index (χ3v) is 5.47. The lowest BCUT2D eigenvalue weighted by atomic mass is 9.95. The van der Waals surface area contributed by atoms with Crippen LogP contribution in [0.2, 0.25) is 0 Å². The molecule has 0 bridgehead atoms. The molecule has 0 spiro atoms. The van der Waals surface area contributed by atoms with Crippen molar-refractivity contribution >= 4 is 0 Å². The zero-order valence-corrected chi connectivity index (χ0v) is 18.6. The van der Waals surface area contributed by atoms with E-state index < -0.39 is 0 Å². The van der Waals surface area contributed by atoms with Crippen molar-refractivity contribution in [1.29, 1.82) is 0 Å². The molecular weight excluding hydrogens is 332 g/mol. The highest BCUT2D eigenvalue weighted by Crippen LogP contribution is 2.33. The summed E-state index contributed by atoms with van der Waals surface area (Å²) in [4.78, 5) is 0. The summed E-state index contributed by atoms with van der Waals surface area (Å²) in [6.07, 6.45) is 5.01. The summed E-state index contributed by atoms with van der Waals surface area (Å²) in [5.41, 5.74) is 9.12. The van der Waals surface area contributed by atoms with Crippen molar-refractivity contribution in [3.8, 4) is 0 Å². The molecular formula is C23H36N4. The number of allylic oxidation sites excluding steroid dienone is 4. The zero-order valence-electron chi connectivity index (χ0n) is 18.6. The first-order chi connectivity index (χ1) is 12.6. The Labute approximate surface area is 165 Å². The second-order valence-corrected chi connectivity index (χ2v) is 7.94. The van der Waals surface area contributed by atoms with Gasteiger partial charge in [0.05, 0.1) is 11.4 Å². The first-order valence-corrected chi connectivity index (χ1v) is 10.1. The summed E-state index contributed by atoms with van der Waals surface area (Å²) in [6.45, 7) is 19.3. The molecule has 148 valence electrons. The van der Waals surface area contributed by atoms with E-state index in [9.17, 15) is 0 Å². The monoisotopic (exact) mass is 368 g/mol. The SMILES string of the molecule is CCCC1=C(C)C=C(C)C1C.Cc1cc(C)n(C(C)n2nc(C)cc2C)n1. The van der Waals surface area contributed by atoms with E-state index in [2.05, 4.69) is 76.9 Å². The number of aryl methyl sites for hydroxylation is 4. The fraction of sp³-hybridized carbons (Fsp3) is 0.565. The molecule has 0 aromatic carbocycles. The van der Waals surface area contributed by atoms with Gasteiger partial charge in [-0.05, 0) is 72.9 Å². The zero-order chi connectivity index (χ0) is 20.3. The predicted octanol–water partition coefficient (Wildman–Crippen LogP) is 6.08. The van der Waals surface area contributed by atoms with Gasteiger partial charge in [-0.25, -0.2) is 9.36 Å². The lowest BCUT2D eigenvalue weighted by Crippen LogP contribution is -2.19. The van der Waals surface area contributed by atoms with Crippen LogP contribution in [0.3, 0.4) is 0 Å². The van der Waals surface area contributed by atoms with Crippen LogP contribution in [0, 0.1) is 33.6 Å². The average Bonchev–Trinajstić information content (AvgIpc) is 3.19.